The number of nitrogens with zero attached hydrogens (tertiary/aromatic N) is 2. The van der Waals surface area contributed by atoms with Gasteiger partial charge in [-0.25, -0.2) is 9.97 Å². The van der Waals surface area contributed by atoms with Crippen molar-refractivity contribution in [2.24, 2.45) is 0 Å². The largest absolute Gasteiger partial charge is 0.492 e. The number of benzene rings is 1. The standard InChI is InChI=1S/C10H8N2O3/c13-9-5-11-8-3-6(4-10(14)15)1-2-7(8)12-9/h1-3,5H,4H2,(H,12,13)(H,14,15). The van der Waals surface area contributed by atoms with Gasteiger partial charge in [-0.15, -0.1) is 0 Å². The van der Waals surface area contributed by atoms with Gasteiger partial charge in [0.1, 0.15) is 0 Å². The van der Waals surface area contributed by atoms with Crippen LogP contribution in [0.3, 0.4) is 0 Å². The summed E-state index contributed by atoms with van der Waals surface area (Å²) in [5.41, 5.74) is 1.78. The maximum atomic E-state index is 10.5. The molecule has 2 aromatic rings. The zero-order valence-corrected chi connectivity index (χ0v) is 7.71. The van der Waals surface area contributed by atoms with Crippen molar-refractivity contribution >= 4 is 17.0 Å². The third-order valence-electron chi connectivity index (χ3n) is 1.95. The first kappa shape index (κ1) is 9.39. The minimum Gasteiger partial charge on any atom is -0.492 e. The molecule has 5 nitrogen and oxygen atoms in total. The summed E-state index contributed by atoms with van der Waals surface area (Å²) in [5, 5.41) is 17.7. The molecular formula is C10H8N2O3. The molecule has 15 heavy (non-hydrogen) atoms. The van der Waals surface area contributed by atoms with Crippen LogP contribution in [0.25, 0.3) is 11.0 Å². The molecule has 2 N–H and O–H groups in total. The number of fused-ring (bicyclic) bond motifs is 1. The number of rotatable bonds is 2. The predicted octanol–water partition coefficient (Wildman–Crippen LogP) is 0.962. The topological polar surface area (TPSA) is 83.3 Å². The third-order valence-corrected chi connectivity index (χ3v) is 1.95. The maximum Gasteiger partial charge on any atom is 0.307 e. The number of aromatic nitrogens is 2. The number of hydrogen-bond donors (Lipinski definition) is 2. The summed E-state index contributed by atoms with van der Waals surface area (Å²) in [4.78, 5) is 18.3. The van der Waals surface area contributed by atoms with Crippen molar-refractivity contribution in [3.8, 4) is 5.88 Å². The monoisotopic (exact) mass is 204 g/mol. The van der Waals surface area contributed by atoms with Crippen LogP contribution in [0.4, 0.5) is 0 Å². The smallest absolute Gasteiger partial charge is 0.307 e. The number of aromatic hydroxyl groups is 1. The number of aliphatic carboxylic acids is 1. The Kier molecular flexibility index (Phi) is 2.21. The normalized spacial score (nSPS) is 10.4. The summed E-state index contributed by atoms with van der Waals surface area (Å²) in [7, 11) is 0. The fourth-order valence-corrected chi connectivity index (χ4v) is 1.33. The van der Waals surface area contributed by atoms with E-state index in [4.69, 9.17) is 10.2 Å². The summed E-state index contributed by atoms with van der Waals surface area (Å²) < 4.78 is 0. The highest BCUT2D eigenvalue weighted by atomic mass is 16.4. The summed E-state index contributed by atoms with van der Waals surface area (Å²) in [6.45, 7) is 0. The fourth-order valence-electron chi connectivity index (χ4n) is 1.33. The van der Waals surface area contributed by atoms with Crippen LogP contribution in [0.1, 0.15) is 5.56 Å². The number of carbonyl (C=O) groups is 1. The zero-order valence-electron chi connectivity index (χ0n) is 7.71. The molecule has 0 saturated heterocycles. The Morgan fingerprint density at radius 2 is 2.13 bits per heavy atom. The molecule has 0 radical (unpaired) electrons. The Balaban J connectivity index is 2.47. The van der Waals surface area contributed by atoms with Crippen LogP contribution in [0.2, 0.25) is 0 Å². The van der Waals surface area contributed by atoms with Gasteiger partial charge in [-0.3, -0.25) is 4.79 Å². The van der Waals surface area contributed by atoms with Gasteiger partial charge in [0, 0.05) is 0 Å². The van der Waals surface area contributed by atoms with Crippen LogP contribution in [-0.2, 0) is 11.2 Å². The van der Waals surface area contributed by atoms with Gasteiger partial charge < -0.3 is 10.2 Å². The Morgan fingerprint density at radius 1 is 1.33 bits per heavy atom. The molecule has 2 rings (SSSR count). The lowest BCUT2D eigenvalue weighted by Gasteiger charge is -2.00. The average molecular weight is 204 g/mol. The average Bonchev–Trinajstić information content (AvgIpc) is 2.17. The molecule has 0 amide bonds. The molecule has 0 unspecified atom stereocenters. The zero-order chi connectivity index (χ0) is 10.8. The lowest BCUT2D eigenvalue weighted by atomic mass is 10.1. The minimum absolute atomic E-state index is 0.0432. The second-order valence-corrected chi connectivity index (χ2v) is 3.12. The highest BCUT2D eigenvalue weighted by Gasteiger charge is 2.03. The van der Waals surface area contributed by atoms with Crippen LogP contribution in [-0.4, -0.2) is 26.2 Å². The van der Waals surface area contributed by atoms with Crippen LogP contribution in [0.5, 0.6) is 5.88 Å². The highest BCUT2D eigenvalue weighted by Crippen LogP contribution is 2.14. The molecule has 1 heterocycles. The van der Waals surface area contributed by atoms with Crippen LogP contribution < -0.4 is 0 Å². The van der Waals surface area contributed by atoms with E-state index in [-0.39, 0.29) is 12.3 Å². The Labute approximate surface area is 85.0 Å². The van der Waals surface area contributed by atoms with E-state index < -0.39 is 5.97 Å². The molecule has 0 aliphatic carbocycles. The van der Waals surface area contributed by atoms with E-state index in [2.05, 4.69) is 9.97 Å². The predicted molar refractivity (Wildman–Crippen MR) is 52.5 cm³/mol. The fraction of sp³-hybridized carbons (Fsp3) is 0.100. The molecule has 0 spiro atoms. The summed E-state index contributed by atoms with van der Waals surface area (Å²) in [6, 6.07) is 4.95. The van der Waals surface area contributed by atoms with E-state index in [1.54, 1.807) is 18.2 Å². The molecule has 1 aromatic heterocycles. The van der Waals surface area contributed by atoms with Gasteiger partial charge in [0.05, 0.1) is 23.7 Å². The SMILES string of the molecule is O=C(O)Cc1ccc2nc(O)cnc2c1. The van der Waals surface area contributed by atoms with Crippen LogP contribution in [0, 0.1) is 0 Å². The first-order valence-electron chi connectivity index (χ1n) is 4.31. The summed E-state index contributed by atoms with van der Waals surface area (Å²) >= 11 is 0. The minimum atomic E-state index is -0.888. The molecule has 0 atom stereocenters. The van der Waals surface area contributed by atoms with Crippen molar-refractivity contribution < 1.29 is 15.0 Å². The molecule has 0 saturated carbocycles. The Hall–Kier alpha value is -2.17. The molecule has 0 aliphatic heterocycles. The van der Waals surface area contributed by atoms with E-state index in [9.17, 15) is 4.79 Å². The van der Waals surface area contributed by atoms with Gasteiger partial charge in [-0.05, 0) is 17.7 Å². The summed E-state index contributed by atoms with van der Waals surface area (Å²) in [5.74, 6) is -1.03. The second kappa shape index (κ2) is 3.53. The van der Waals surface area contributed by atoms with Crippen molar-refractivity contribution in [3.05, 3.63) is 30.0 Å². The number of carboxylic acids is 1. The highest BCUT2D eigenvalue weighted by molar-refractivity contribution is 5.77. The van der Waals surface area contributed by atoms with Gasteiger partial charge >= 0.3 is 5.97 Å². The Morgan fingerprint density at radius 3 is 2.87 bits per heavy atom. The second-order valence-electron chi connectivity index (χ2n) is 3.12. The van der Waals surface area contributed by atoms with Gasteiger partial charge in [0.15, 0.2) is 0 Å². The molecule has 0 bridgehead atoms. The van der Waals surface area contributed by atoms with Crippen molar-refractivity contribution in [3.63, 3.8) is 0 Å². The van der Waals surface area contributed by atoms with Crippen LogP contribution >= 0.6 is 0 Å². The van der Waals surface area contributed by atoms with Gasteiger partial charge in [-0.2, -0.15) is 0 Å². The quantitative estimate of drug-likeness (QED) is 0.761. The van der Waals surface area contributed by atoms with Gasteiger partial charge in [0.2, 0.25) is 5.88 Å². The Bertz CT molecular complexity index is 525. The molecule has 0 aliphatic rings. The number of carboxylic acid groups (broad SMARTS) is 1. The number of hydrogen-bond acceptors (Lipinski definition) is 4. The van der Waals surface area contributed by atoms with E-state index in [1.807, 2.05) is 0 Å². The third kappa shape index (κ3) is 2.01. The van der Waals surface area contributed by atoms with E-state index >= 15 is 0 Å². The summed E-state index contributed by atoms with van der Waals surface area (Å²) in [6.07, 6.45) is 1.19. The van der Waals surface area contributed by atoms with E-state index in [0.29, 0.717) is 16.6 Å². The lowest BCUT2D eigenvalue weighted by molar-refractivity contribution is -0.136. The van der Waals surface area contributed by atoms with Gasteiger partial charge in [0.25, 0.3) is 0 Å². The molecule has 5 heteroatoms. The van der Waals surface area contributed by atoms with Crippen molar-refractivity contribution in [2.75, 3.05) is 0 Å². The molecule has 0 fully saturated rings. The van der Waals surface area contributed by atoms with Crippen molar-refractivity contribution in [2.45, 2.75) is 6.42 Å². The van der Waals surface area contributed by atoms with Gasteiger partial charge in [-0.1, -0.05) is 6.07 Å². The first-order valence-corrected chi connectivity index (χ1v) is 4.31. The lowest BCUT2D eigenvalue weighted by Crippen LogP contribution is -2.00. The first-order chi connectivity index (χ1) is 7.15. The van der Waals surface area contributed by atoms with E-state index in [0.717, 1.165) is 0 Å². The maximum absolute atomic E-state index is 10.5. The van der Waals surface area contributed by atoms with Crippen LogP contribution in [0.15, 0.2) is 24.4 Å². The molecule has 1 aromatic carbocycles. The van der Waals surface area contributed by atoms with Crippen molar-refractivity contribution in [1.82, 2.24) is 9.97 Å². The molecule has 76 valence electrons. The van der Waals surface area contributed by atoms with Crippen molar-refractivity contribution in [1.29, 1.82) is 0 Å². The van der Waals surface area contributed by atoms with E-state index in [1.165, 1.54) is 6.20 Å². The molecular weight excluding hydrogens is 196 g/mol.